The second kappa shape index (κ2) is 5.48. The first kappa shape index (κ1) is 13.5. The van der Waals surface area contributed by atoms with Crippen LogP contribution in [0.3, 0.4) is 0 Å². The van der Waals surface area contributed by atoms with Crippen LogP contribution in [0.25, 0.3) is 16.9 Å². The van der Waals surface area contributed by atoms with Crippen LogP contribution in [0.5, 0.6) is 5.75 Å². The van der Waals surface area contributed by atoms with Gasteiger partial charge in [-0.05, 0) is 49.2 Å². The first-order valence-electron chi connectivity index (χ1n) is 7.17. The number of rotatable bonds is 4. The number of aromatic nitrogens is 2. The molecule has 0 saturated carbocycles. The predicted molar refractivity (Wildman–Crippen MR) is 85.6 cm³/mol. The van der Waals surface area contributed by atoms with Crippen LogP contribution in [-0.2, 0) is 0 Å². The van der Waals surface area contributed by atoms with E-state index in [-0.39, 0.29) is 0 Å². The van der Waals surface area contributed by atoms with E-state index in [2.05, 4.69) is 11.9 Å². The number of anilines is 1. The number of hydrogen-bond donors (Lipinski definition) is 1. The number of ether oxygens (including phenoxy) is 1. The average Bonchev–Trinajstić information content (AvgIpc) is 2.85. The van der Waals surface area contributed by atoms with Gasteiger partial charge < -0.3 is 10.5 Å². The van der Waals surface area contributed by atoms with Gasteiger partial charge in [-0.2, -0.15) is 0 Å². The van der Waals surface area contributed by atoms with Crippen LogP contribution in [0, 0.1) is 6.92 Å². The van der Waals surface area contributed by atoms with Crippen molar-refractivity contribution in [3.8, 4) is 17.0 Å². The smallest absolute Gasteiger partial charge is 0.142 e. The van der Waals surface area contributed by atoms with Crippen molar-refractivity contribution in [3.63, 3.8) is 0 Å². The van der Waals surface area contributed by atoms with Crippen molar-refractivity contribution in [2.45, 2.75) is 20.3 Å². The van der Waals surface area contributed by atoms with Crippen LogP contribution in [0.4, 0.5) is 5.82 Å². The van der Waals surface area contributed by atoms with E-state index in [1.807, 2.05) is 53.9 Å². The molecule has 0 amide bonds. The summed E-state index contributed by atoms with van der Waals surface area (Å²) in [6.45, 7) is 4.86. The van der Waals surface area contributed by atoms with Crippen LogP contribution in [0.15, 0.2) is 42.6 Å². The molecule has 0 fully saturated rings. The summed E-state index contributed by atoms with van der Waals surface area (Å²) in [4.78, 5) is 4.67. The molecule has 4 heteroatoms. The highest BCUT2D eigenvalue weighted by atomic mass is 16.5. The standard InChI is InChI=1S/C17H19N3O/c1-3-11-21-14-8-6-13(7-9-14)15-16(18)20-10-4-5-12(2)17(20)19-15/h4-10H,3,11,18H2,1-2H3. The number of nitrogens with two attached hydrogens (primary N) is 1. The zero-order chi connectivity index (χ0) is 14.8. The van der Waals surface area contributed by atoms with Crippen molar-refractivity contribution < 1.29 is 4.74 Å². The van der Waals surface area contributed by atoms with E-state index in [0.29, 0.717) is 5.82 Å². The second-order valence-corrected chi connectivity index (χ2v) is 5.10. The molecule has 1 aromatic carbocycles. The minimum Gasteiger partial charge on any atom is -0.494 e. The van der Waals surface area contributed by atoms with Crippen LogP contribution in [0.1, 0.15) is 18.9 Å². The van der Waals surface area contributed by atoms with Gasteiger partial charge in [-0.1, -0.05) is 13.0 Å². The summed E-state index contributed by atoms with van der Waals surface area (Å²) in [5, 5.41) is 0. The van der Waals surface area contributed by atoms with Crippen molar-refractivity contribution >= 4 is 11.5 Å². The number of nitrogen functional groups attached to an aromatic ring is 1. The molecule has 108 valence electrons. The molecule has 0 spiro atoms. The highest BCUT2D eigenvalue weighted by Gasteiger charge is 2.12. The molecule has 0 radical (unpaired) electrons. The number of imidazole rings is 1. The molecular formula is C17H19N3O. The topological polar surface area (TPSA) is 52.5 Å². The second-order valence-electron chi connectivity index (χ2n) is 5.10. The third-order valence-electron chi connectivity index (χ3n) is 3.48. The quantitative estimate of drug-likeness (QED) is 0.793. The molecule has 0 aliphatic rings. The lowest BCUT2D eigenvalue weighted by Crippen LogP contribution is -1.95. The summed E-state index contributed by atoms with van der Waals surface area (Å²) in [7, 11) is 0. The Morgan fingerprint density at radius 2 is 1.95 bits per heavy atom. The minimum absolute atomic E-state index is 0.663. The maximum Gasteiger partial charge on any atom is 0.142 e. The Labute approximate surface area is 124 Å². The summed E-state index contributed by atoms with van der Waals surface area (Å²) in [5.74, 6) is 1.54. The van der Waals surface area contributed by atoms with Gasteiger partial charge in [-0.3, -0.25) is 4.40 Å². The highest BCUT2D eigenvalue weighted by molar-refractivity contribution is 5.76. The van der Waals surface area contributed by atoms with E-state index in [9.17, 15) is 0 Å². The fraction of sp³-hybridized carbons (Fsp3) is 0.235. The zero-order valence-electron chi connectivity index (χ0n) is 12.3. The van der Waals surface area contributed by atoms with E-state index < -0.39 is 0 Å². The number of benzene rings is 1. The van der Waals surface area contributed by atoms with E-state index in [1.54, 1.807) is 0 Å². The largest absolute Gasteiger partial charge is 0.494 e. The van der Waals surface area contributed by atoms with E-state index in [1.165, 1.54) is 0 Å². The maximum absolute atomic E-state index is 6.23. The third kappa shape index (κ3) is 2.44. The fourth-order valence-electron chi connectivity index (χ4n) is 2.36. The van der Waals surface area contributed by atoms with Crippen molar-refractivity contribution in [3.05, 3.63) is 48.2 Å². The number of nitrogens with zero attached hydrogens (tertiary/aromatic N) is 2. The number of pyridine rings is 1. The number of aryl methyl sites for hydroxylation is 1. The Bertz CT molecular complexity index is 760. The first-order chi connectivity index (χ1) is 10.2. The SMILES string of the molecule is CCCOc1ccc(-c2nc3c(C)cccn3c2N)cc1. The molecule has 0 unspecified atom stereocenters. The predicted octanol–water partition coefficient (Wildman–Crippen LogP) is 3.68. The minimum atomic E-state index is 0.663. The van der Waals surface area contributed by atoms with Crippen molar-refractivity contribution in [1.82, 2.24) is 9.38 Å². The van der Waals surface area contributed by atoms with Gasteiger partial charge in [0.1, 0.15) is 22.9 Å². The van der Waals surface area contributed by atoms with Gasteiger partial charge in [0.15, 0.2) is 0 Å². The van der Waals surface area contributed by atoms with Crippen molar-refractivity contribution in [2.75, 3.05) is 12.3 Å². The summed E-state index contributed by atoms with van der Waals surface area (Å²) in [6, 6.07) is 11.9. The number of hydrogen-bond acceptors (Lipinski definition) is 3. The van der Waals surface area contributed by atoms with Gasteiger partial charge in [0.05, 0.1) is 6.61 Å². The van der Waals surface area contributed by atoms with Gasteiger partial charge in [0.2, 0.25) is 0 Å². The molecule has 3 rings (SSSR count). The lowest BCUT2D eigenvalue weighted by atomic mass is 10.1. The normalized spacial score (nSPS) is 11.0. The Hall–Kier alpha value is -2.49. The molecule has 4 nitrogen and oxygen atoms in total. The van der Waals surface area contributed by atoms with Crippen molar-refractivity contribution in [2.24, 2.45) is 0 Å². The molecule has 0 saturated heterocycles. The van der Waals surface area contributed by atoms with Gasteiger partial charge in [-0.15, -0.1) is 0 Å². The van der Waals surface area contributed by atoms with Crippen LogP contribution in [-0.4, -0.2) is 16.0 Å². The van der Waals surface area contributed by atoms with Crippen molar-refractivity contribution in [1.29, 1.82) is 0 Å². The third-order valence-corrected chi connectivity index (χ3v) is 3.48. The van der Waals surface area contributed by atoms with Gasteiger partial charge >= 0.3 is 0 Å². The Balaban J connectivity index is 2.00. The molecule has 0 atom stereocenters. The van der Waals surface area contributed by atoms with Gasteiger partial charge in [0, 0.05) is 11.8 Å². The van der Waals surface area contributed by atoms with Crippen LogP contribution in [0.2, 0.25) is 0 Å². The monoisotopic (exact) mass is 281 g/mol. The lowest BCUT2D eigenvalue weighted by molar-refractivity contribution is 0.317. The summed E-state index contributed by atoms with van der Waals surface area (Å²) >= 11 is 0. The maximum atomic E-state index is 6.23. The number of fused-ring (bicyclic) bond motifs is 1. The first-order valence-corrected chi connectivity index (χ1v) is 7.17. The van der Waals surface area contributed by atoms with Crippen LogP contribution < -0.4 is 10.5 Å². The Kier molecular flexibility index (Phi) is 3.52. The lowest BCUT2D eigenvalue weighted by Gasteiger charge is -2.05. The molecule has 2 heterocycles. The highest BCUT2D eigenvalue weighted by Crippen LogP contribution is 2.28. The Morgan fingerprint density at radius 1 is 1.19 bits per heavy atom. The van der Waals surface area contributed by atoms with Gasteiger partial charge in [0.25, 0.3) is 0 Å². The molecule has 0 bridgehead atoms. The summed E-state index contributed by atoms with van der Waals surface area (Å²) in [5.41, 5.74) is 10.0. The van der Waals surface area contributed by atoms with Crippen LogP contribution >= 0.6 is 0 Å². The van der Waals surface area contributed by atoms with E-state index in [0.717, 1.165) is 41.2 Å². The van der Waals surface area contributed by atoms with Gasteiger partial charge in [-0.25, -0.2) is 4.98 Å². The molecule has 0 aliphatic heterocycles. The zero-order valence-corrected chi connectivity index (χ0v) is 12.3. The summed E-state index contributed by atoms with van der Waals surface area (Å²) < 4.78 is 7.52. The average molecular weight is 281 g/mol. The molecule has 2 N–H and O–H groups in total. The molecule has 3 aromatic rings. The summed E-state index contributed by atoms with van der Waals surface area (Å²) in [6.07, 6.45) is 2.94. The molecular weight excluding hydrogens is 262 g/mol. The Morgan fingerprint density at radius 3 is 2.62 bits per heavy atom. The van der Waals surface area contributed by atoms with E-state index >= 15 is 0 Å². The molecule has 0 aliphatic carbocycles. The molecule has 2 aromatic heterocycles. The molecule has 21 heavy (non-hydrogen) atoms. The fourth-order valence-corrected chi connectivity index (χ4v) is 2.36. The van der Waals surface area contributed by atoms with E-state index in [4.69, 9.17) is 10.5 Å².